The van der Waals surface area contributed by atoms with Crippen molar-refractivity contribution in [2.45, 2.75) is 105 Å². The fraction of sp³-hybridized carbons (Fsp3) is 0.552. The fourth-order valence-electron chi connectivity index (χ4n) is 3.50. The lowest BCUT2D eigenvalue weighted by Crippen LogP contribution is -2.22. The van der Waals surface area contributed by atoms with Crippen molar-refractivity contribution in [1.82, 2.24) is 0 Å². The van der Waals surface area contributed by atoms with E-state index >= 15 is 0 Å². The van der Waals surface area contributed by atoms with E-state index in [0.29, 0.717) is 0 Å². The number of carbonyl (C=O) groups is 1. The normalized spacial score (nSPS) is 13.3. The number of hydrogen-bond acceptors (Lipinski definition) is 1. The van der Waals surface area contributed by atoms with Crippen LogP contribution in [0, 0.1) is 0 Å². The number of anilines is 2. The molecule has 2 aromatic rings. The fourth-order valence-corrected chi connectivity index (χ4v) is 3.50. The Labute approximate surface area is 191 Å². The van der Waals surface area contributed by atoms with Gasteiger partial charge in [-0.2, -0.15) is 0 Å². The SMILES string of the molecule is CC(C)(C)c1cc(N(C=O)c2cc(C(C)(C)C)cc(C(C)(C)C)c2)cc(C(C)(C)C)c1. The van der Waals surface area contributed by atoms with Crippen LogP contribution in [0.3, 0.4) is 0 Å². The first-order valence-corrected chi connectivity index (χ1v) is 11.4. The Kier molecular flexibility index (Phi) is 6.59. The van der Waals surface area contributed by atoms with E-state index in [1.165, 1.54) is 22.3 Å². The molecule has 2 heteroatoms. The zero-order chi connectivity index (χ0) is 24.0. The predicted molar refractivity (Wildman–Crippen MR) is 136 cm³/mol. The summed E-state index contributed by atoms with van der Waals surface area (Å²) in [6, 6.07) is 13.3. The summed E-state index contributed by atoms with van der Waals surface area (Å²) in [5.41, 5.74) is 6.80. The zero-order valence-corrected chi connectivity index (χ0v) is 21.9. The van der Waals surface area contributed by atoms with Gasteiger partial charge >= 0.3 is 0 Å². The van der Waals surface area contributed by atoms with Gasteiger partial charge in [-0.15, -0.1) is 0 Å². The lowest BCUT2D eigenvalue weighted by atomic mass is 9.79. The molecule has 0 fully saturated rings. The van der Waals surface area contributed by atoms with Crippen LogP contribution in [0.25, 0.3) is 0 Å². The van der Waals surface area contributed by atoms with Crippen LogP contribution in [0.1, 0.15) is 105 Å². The van der Waals surface area contributed by atoms with Gasteiger partial charge < -0.3 is 0 Å². The third-order valence-corrected chi connectivity index (χ3v) is 5.96. The van der Waals surface area contributed by atoms with Gasteiger partial charge in [-0.05, 0) is 68.2 Å². The number of rotatable bonds is 3. The van der Waals surface area contributed by atoms with Crippen LogP contribution < -0.4 is 4.90 Å². The van der Waals surface area contributed by atoms with E-state index in [1.54, 1.807) is 0 Å². The molecule has 2 rings (SSSR count). The highest BCUT2D eigenvalue weighted by molar-refractivity contribution is 5.87. The van der Waals surface area contributed by atoms with E-state index in [1.807, 2.05) is 4.90 Å². The Bertz CT molecular complexity index is 801. The second-order valence-corrected chi connectivity index (χ2v) is 13.0. The molecule has 0 aliphatic rings. The molecule has 0 aromatic heterocycles. The molecule has 0 unspecified atom stereocenters. The number of nitrogens with zero attached hydrogens (tertiary/aromatic N) is 1. The van der Waals surface area contributed by atoms with Crippen LogP contribution in [0.5, 0.6) is 0 Å². The summed E-state index contributed by atoms with van der Waals surface area (Å²) >= 11 is 0. The molecule has 1 amide bonds. The maximum Gasteiger partial charge on any atom is 0.218 e. The molecule has 0 saturated heterocycles. The molecule has 0 radical (unpaired) electrons. The lowest BCUT2D eigenvalue weighted by molar-refractivity contribution is -0.106. The highest BCUT2D eigenvalue weighted by Crippen LogP contribution is 2.38. The van der Waals surface area contributed by atoms with E-state index in [-0.39, 0.29) is 21.7 Å². The number of carbonyl (C=O) groups excluding carboxylic acids is 1. The molecule has 0 heterocycles. The minimum Gasteiger partial charge on any atom is -0.284 e. The molecule has 0 saturated carbocycles. The third-order valence-electron chi connectivity index (χ3n) is 5.96. The average molecular weight is 422 g/mol. The standard InChI is InChI=1S/C29H43NO/c1-26(2,3)20-13-21(27(4,5)6)16-24(15-20)30(19-31)25-17-22(28(7,8)9)14-23(18-25)29(10,11)12/h13-19H,1-12H3. The lowest BCUT2D eigenvalue weighted by Gasteiger charge is -2.30. The summed E-state index contributed by atoms with van der Waals surface area (Å²) in [6.45, 7) is 26.7. The van der Waals surface area contributed by atoms with Gasteiger partial charge in [0.05, 0.1) is 0 Å². The largest absolute Gasteiger partial charge is 0.284 e. The summed E-state index contributed by atoms with van der Waals surface area (Å²) in [6.07, 6.45) is 0.961. The van der Waals surface area contributed by atoms with Crippen molar-refractivity contribution in [3.8, 4) is 0 Å². The van der Waals surface area contributed by atoms with E-state index < -0.39 is 0 Å². The van der Waals surface area contributed by atoms with Crippen LogP contribution in [-0.2, 0) is 26.5 Å². The molecule has 170 valence electrons. The second-order valence-electron chi connectivity index (χ2n) is 13.0. The van der Waals surface area contributed by atoms with Gasteiger partial charge in [-0.3, -0.25) is 9.69 Å². The number of amides is 1. The summed E-state index contributed by atoms with van der Waals surface area (Å²) < 4.78 is 0. The van der Waals surface area contributed by atoms with Gasteiger partial charge in [0.25, 0.3) is 0 Å². The molecule has 2 aromatic carbocycles. The minimum atomic E-state index is -0.00556. The van der Waals surface area contributed by atoms with Crippen LogP contribution in [-0.4, -0.2) is 6.41 Å². The molecule has 0 atom stereocenters. The summed E-state index contributed by atoms with van der Waals surface area (Å²) in [5, 5.41) is 0. The Morgan fingerprint density at radius 1 is 0.484 bits per heavy atom. The smallest absolute Gasteiger partial charge is 0.218 e. The van der Waals surface area contributed by atoms with Gasteiger partial charge in [-0.25, -0.2) is 0 Å². The van der Waals surface area contributed by atoms with Crippen molar-refractivity contribution in [3.63, 3.8) is 0 Å². The van der Waals surface area contributed by atoms with E-state index in [9.17, 15) is 4.79 Å². The van der Waals surface area contributed by atoms with E-state index in [2.05, 4.69) is 119 Å². The molecule has 31 heavy (non-hydrogen) atoms. The molecule has 2 nitrogen and oxygen atoms in total. The van der Waals surface area contributed by atoms with Crippen molar-refractivity contribution >= 4 is 17.8 Å². The predicted octanol–water partition coefficient (Wildman–Crippen LogP) is 8.17. The Morgan fingerprint density at radius 2 is 0.710 bits per heavy atom. The van der Waals surface area contributed by atoms with Crippen molar-refractivity contribution in [3.05, 3.63) is 58.7 Å². The van der Waals surface area contributed by atoms with Gasteiger partial charge in [0.15, 0.2) is 0 Å². The Balaban J connectivity index is 2.80. The summed E-state index contributed by atoms with van der Waals surface area (Å²) in [4.78, 5) is 14.3. The molecule has 0 aliphatic heterocycles. The molecule has 0 aliphatic carbocycles. The molecule has 0 bridgehead atoms. The first-order valence-electron chi connectivity index (χ1n) is 11.4. The topological polar surface area (TPSA) is 20.3 Å². The van der Waals surface area contributed by atoms with E-state index in [0.717, 1.165) is 17.8 Å². The number of benzene rings is 2. The van der Waals surface area contributed by atoms with Crippen LogP contribution in [0.4, 0.5) is 11.4 Å². The first-order chi connectivity index (χ1) is 13.8. The zero-order valence-electron chi connectivity index (χ0n) is 21.9. The minimum absolute atomic E-state index is 0.00556. The van der Waals surface area contributed by atoms with Crippen LogP contribution in [0.15, 0.2) is 36.4 Å². The van der Waals surface area contributed by atoms with Crippen molar-refractivity contribution in [1.29, 1.82) is 0 Å². The Morgan fingerprint density at radius 3 is 0.871 bits per heavy atom. The summed E-state index contributed by atoms with van der Waals surface area (Å²) in [5.74, 6) is 0. The third kappa shape index (κ3) is 5.99. The summed E-state index contributed by atoms with van der Waals surface area (Å²) in [7, 11) is 0. The quantitative estimate of drug-likeness (QED) is 0.458. The molecular weight excluding hydrogens is 378 g/mol. The second kappa shape index (κ2) is 8.11. The van der Waals surface area contributed by atoms with Gasteiger partial charge in [0, 0.05) is 11.4 Å². The maximum absolute atomic E-state index is 12.5. The number of hydrogen-bond donors (Lipinski definition) is 0. The highest BCUT2D eigenvalue weighted by atomic mass is 16.1. The molecule has 0 N–H and O–H groups in total. The maximum atomic E-state index is 12.5. The van der Waals surface area contributed by atoms with Gasteiger partial charge in [-0.1, -0.05) is 95.2 Å². The van der Waals surface area contributed by atoms with Crippen LogP contribution in [0.2, 0.25) is 0 Å². The van der Waals surface area contributed by atoms with Gasteiger partial charge in [0.2, 0.25) is 6.41 Å². The highest BCUT2D eigenvalue weighted by Gasteiger charge is 2.25. The van der Waals surface area contributed by atoms with Crippen molar-refractivity contribution in [2.75, 3.05) is 4.90 Å². The first kappa shape index (κ1) is 25.2. The van der Waals surface area contributed by atoms with Crippen molar-refractivity contribution in [2.24, 2.45) is 0 Å². The monoisotopic (exact) mass is 421 g/mol. The average Bonchev–Trinajstić information content (AvgIpc) is 2.59. The van der Waals surface area contributed by atoms with E-state index in [4.69, 9.17) is 0 Å². The van der Waals surface area contributed by atoms with Crippen LogP contribution >= 0.6 is 0 Å². The van der Waals surface area contributed by atoms with Gasteiger partial charge in [0.1, 0.15) is 0 Å². The molecular formula is C29H43NO. The molecule has 0 spiro atoms. The van der Waals surface area contributed by atoms with Crippen molar-refractivity contribution < 1.29 is 4.79 Å². The Hall–Kier alpha value is -2.09.